The van der Waals surface area contributed by atoms with E-state index in [0.29, 0.717) is 6.61 Å². The van der Waals surface area contributed by atoms with Gasteiger partial charge in [-0.05, 0) is 90.2 Å². The number of esters is 1. The van der Waals surface area contributed by atoms with Gasteiger partial charge < -0.3 is 23.2 Å². The minimum absolute atomic E-state index is 0. The van der Waals surface area contributed by atoms with Gasteiger partial charge in [0.05, 0.1) is 26.4 Å². The third-order valence-corrected chi connectivity index (χ3v) is 20.2. The standard InChI is InChI=1S/C12H24O3Si2.C8H18O3Si2.C3H6O.CH5BS.CH2S.CH4/c1-6-7-8-14-12(13)11-9-16(2,3)15-17(4,5)10-11;1-12(2)5-7(8(9)10)6-13(3,4)11-12;1-2-3-4;1-2-3;1-2;/h6,11H,1,7-10H2,2-5H3;7H,5-6H2,1-4H3,(H,9,10);2,4H,1,3H2;2-3H,1H3;1H2;1H4/i;;;2D;1D;. The number of carboxylic acids is 1. The number of ether oxygens (including phenoxy) is 1. The molecule has 0 aromatic heterocycles. The van der Waals surface area contributed by atoms with E-state index in [2.05, 4.69) is 90.2 Å². The molecule has 0 radical (unpaired) electrons. The Bertz CT molecular complexity index is 774. The van der Waals surface area contributed by atoms with E-state index in [-0.39, 0.29) is 38.4 Å². The van der Waals surface area contributed by atoms with Crippen LogP contribution in [0.5, 0.6) is 0 Å². The average molecular weight is 673 g/mol. The van der Waals surface area contributed by atoms with Crippen LogP contribution in [0.15, 0.2) is 25.3 Å². The van der Waals surface area contributed by atoms with E-state index in [0.717, 1.165) is 36.4 Å². The Balaban J connectivity index is -0.000000254. The summed E-state index contributed by atoms with van der Waals surface area (Å²) in [5.74, 6) is 0.0923. The number of carboxylic acid groups (broad SMARTS) is 1. The van der Waals surface area contributed by atoms with Gasteiger partial charge in [0, 0.05) is 0 Å². The maximum absolute atomic E-state index is 12.0. The number of carbonyl (C=O) groups excluding carboxylic acids is 1. The normalized spacial score (nSPS) is 20.3. The van der Waals surface area contributed by atoms with E-state index < -0.39 is 39.2 Å². The van der Waals surface area contributed by atoms with Gasteiger partial charge in [-0.1, -0.05) is 38.6 Å². The number of thiol groups is 1. The molecule has 0 unspecified atom stereocenters. The Morgan fingerprint density at radius 1 is 1.00 bits per heavy atom. The van der Waals surface area contributed by atoms with Gasteiger partial charge in [-0.2, -0.15) is 0 Å². The van der Waals surface area contributed by atoms with Crippen molar-refractivity contribution in [1.29, 1.82) is 1.34 Å². The lowest BCUT2D eigenvalue weighted by Gasteiger charge is -2.42. The Labute approximate surface area is 264 Å². The third-order valence-electron chi connectivity index (χ3n) is 5.44. The summed E-state index contributed by atoms with van der Waals surface area (Å²) in [6.45, 7) is 26.2. The van der Waals surface area contributed by atoms with Crippen LogP contribution in [-0.4, -0.2) is 82.3 Å². The van der Waals surface area contributed by atoms with Crippen molar-refractivity contribution in [2.45, 2.75) is 97.2 Å². The molecule has 2 N–H and O–H groups in total. The van der Waals surface area contributed by atoms with E-state index in [1.165, 1.54) is 6.08 Å². The van der Waals surface area contributed by atoms with Crippen molar-refractivity contribution in [3.05, 3.63) is 25.3 Å². The SMILES string of the molecule is C.C=CCCOC(=O)C1C[Si](C)(C)O[Si](C)(C)C1.C=CCO.C[Si]1(C)CC(C(=O)O)C[Si](C)(C)O1.[2H]B(C)S.[2H]C=S. The zero-order valence-electron chi connectivity index (χ0n) is 27.6. The van der Waals surface area contributed by atoms with Crippen molar-refractivity contribution >= 4 is 82.3 Å². The first-order chi connectivity index (χ1) is 18.5. The van der Waals surface area contributed by atoms with Crippen LogP contribution in [0, 0.1) is 11.8 Å². The van der Waals surface area contributed by atoms with Crippen LogP contribution in [-0.2, 0) is 22.6 Å². The summed E-state index contributed by atoms with van der Waals surface area (Å²) in [5, 5.41) is 16.7. The second-order valence-corrected chi connectivity index (χ2v) is 29.6. The van der Waals surface area contributed by atoms with Crippen molar-refractivity contribution in [3.63, 3.8) is 0 Å². The maximum atomic E-state index is 12.0. The lowest BCUT2D eigenvalue weighted by molar-refractivity contribution is -0.147. The Morgan fingerprint density at radius 2 is 1.30 bits per heavy atom. The van der Waals surface area contributed by atoms with Gasteiger partial charge in [0.25, 0.3) is 0 Å². The number of rotatable bonds is 6. The number of hydrogen-bond donors (Lipinski definition) is 3. The molecule has 2 fully saturated rings. The minimum atomic E-state index is -1.67. The highest BCUT2D eigenvalue weighted by molar-refractivity contribution is 8.06. The zero-order chi connectivity index (χ0) is 33.1. The van der Waals surface area contributed by atoms with Crippen LogP contribution in [0.3, 0.4) is 0 Å². The number of aliphatic carboxylic acids is 1. The number of aliphatic hydroxyl groups is 1. The molecule has 40 heavy (non-hydrogen) atoms. The van der Waals surface area contributed by atoms with Crippen LogP contribution >= 0.6 is 24.7 Å². The Kier molecular flexibility index (Phi) is 24.2. The first-order valence-electron chi connectivity index (χ1n) is 14.2. The summed E-state index contributed by atoms with van der Waals surface area (Å²) in [7, 11) is -6.66. The fraction of sp³-hybridized carbons (Fsp3) is 0.731. The Morgan fingerprint density at radius 3 is 1.55 bits per heavy atom. The van der Waals surface area contributed by atoms with E-state index >= 15 is 0 Å². The molecule has 2 saturated heterocycles. The topological polar surface area (TPSA) is 102 Å². The first-order valence-corrected chi connectivity index (χ1v) is 26.5. The van der Waals surface area contributed by atoms with Crippen molar-refractivity contribution < 1.29 is 34.1 Å². The highest BCUT2D eigenvalue weighted by Gasteiger charge is 2.46. The fourth-order valence-electron chi connectivity index (χ4n) is 4.88. The van der Waals surface area contributed by atoms with Crippen molar-refractivity contribution in [3.8, 4) is 0 Å². The van der Waals surface area contributed by atoms with Crippen molar-refractivity contribution in [2.24, 2.45) is 11.8 Å². The summed E-state index contributed by atoms with van der Waals surface area (Å²) in [6, 6.07) is 3.35. The zero-order valence-corrected chi connectivity index (χ0v) is 31.3. The summed E-state index contributed by atoms with van der Waals surface area (Å²) in [5.41, 5.74) is 0. The van der Waals surface area contributed by atoms with Crippen LogP contribution < -0.4 is 0 Å². The molecule has 0 bridgehead atoms. The lowest BCUT2D eigenvalue weighted by atomic mass is 10.2. The van der Waals surface area contributed by atoms with Crippen molar-refractivity contribution in [2.75, 3.05) is 13.2 Å². The molecule has 2 rings (SSSR count). The molecular weight excluding hydrogens is 612 g/mol. The smallest absolute Gasteiger partial charge is 0.308 e. The molecule has 14 heteroatoms. The van der Waals surface area contributed by atoms with Gasteiger partial charge in [0.15, 0.2) is 39.8 Å². The van der Waals surface area contributed by atoms with Gasteiger partial charge in [-0.25, -0.2) is 12.5 Å². The summed E-state index contributed by atoms with van der Waals surface area (Å²) >= 11 is 7.57. The third kappa shape index (κ3) is 24.3. The van der Waals surface area contributed by atoms with Gasteiger partial charge in [0.1, 0.15) is 0 Å². The molecule has 2 heterocycles. The first kappa shape index (κ1) is 41.8. The molecule has 7 nitrogen and oxygen atoms in total. The monoisotopic (exact) mass is 672 g/mol. The van der Waals surface area contributed by atoms with E-state index in [1.807, 2.05) is 0 Å². The van der Waals surface area contributed by atoms with Gasteiger partial charge >= 0.3 is 11.9 Å². The molecule has 0 aliphatic carbocycles. The summed E-state index contributed by atoms with van der Waals surface area (Å²) in [4.78, 5) is 22.9. The number of thiocarbonyl (C=S) groups is 1. The van der Waals surface area contributed by atoms with Gasteiger partial charge in [-0.15, -0.1) is 13.2 Å². The second-order valence-electron chi connectivity index (χ2n) is 11.8. The number of carbonyl (C=O) groups is 2. The van der Waals surface area contributed by atoms with E-state index in [4.69, 9.17) is 25.9 Å². The van der Waals surface area contributed by atoms with Crippen LogP contribution in [0.2, 0.25) is 83.4 Å². The molecule has 2 aliphatic rings. The number of aliphatic hydroxyl groups excluding tert-OH is 1. The van der Waals surface area contributed by atoms with Crippen molar-refractivity contribution in [1.82, 2.24) is 0 Å². The minimum Gasteiger partial charge on any atom is -0.481 e. The largest absolute Gasteiger partial charge is 0.481 e. The summed E-state index contributed by atoms with van der Waals surface area (Å²) in [6.07, 6.45) is 3.94. The molecule has 0 aromatic rings. The molecule has 2 aliphatic heterocycles. The van der Waals surface area contributed by atoms with Crippen LogP contribution in [0.25, 0.3) is 0 Å². The summed E-state index contributed by atoms with van der Waals surface area (Å²) < 4.78 is 29.9. The Hall–Kier alpha value is -0.328. The predicted octanol–water partition coefficient (Wildman–Crippen LogP) is 7.02. The highest BCUT2D eigenvalue weighted by atomic mass is 32.1. The quantitative estimate of drug-likeness (QED) is 0.0691. The second kappa shape index (κ2) is 23.2. The maximum Gasteiger partial charge on any atom is 0.308 e. The van der Waals surface area contributed by atoms with Gasteiger partial charge in [-0.3, -0.25) is 9.59 Å². The molecule has 0 aromatic carbocycles. The van der Waals surface area contributed by atoms with Crippen LogP contribution in [0.1, 0.15) is 15.2 Å². The van der Waals surface area contributed by atoms with Crippen LogP contribution in [0.4, 0.5) is 0 Å². The molecule has 0 saturated carbocycles. The van der Waals surface area contributed by atoms with E-state index in [1.54, 1.807) is 12.9 Å². The average Bonchev–Trinajstić information content (AvgIpc) is 2.76. The van der Waals surface area contributed by atoms with E-state index in [9.17, 15) is 9.59 Å². The predicted molar refractivity (Wildman–Crippen MR) is 192 cm³/mol. The highest BCUT2D eigenvalue weighted by Crippen LogP contribution is 2.37. The lowest BCUT2D eigenvalue weighted by Crippen LogP contribution is -2.52. The molecule has 236 valence electrons. The molecule has 0 amide bonds. The molecule has 0 spiro atoms. The molecule has 0 atom stereocenters. The molecular formula is C26H59BO7S2Si4. The van der Waals surface area contributed by atoms with Gasteiger partial charge in [0.2, 0.25) is 0 Å². The number of hydrogen-bond acceptors (Lipinski definition) is 8. The fourth-order valence-corrected chi connectivity index (χ4v) is 24.8.